The first-order chi connectivity index (χ1) is 9.92. The molecule has 1 aromatic carbocycles. The number of fused-ring (bicyclic) bond motifs is 1. The lowest BCUT2D eigenvalue weighted by molar-refractivity contribution is -0.120. The molecular weight excluding hydrogens is 317 g/mol. The van der Waals surface area contributed by atoms with E-state index in [9.17, 15) is 9.59 Å². The standard InChI is InChI=1S/C14H15Cl2NO4/c1-7(15)13(18)17-6-10-4-8-3-9(14(19)20-2)5-11(16)12(8)21-10/h3,5,7,10H,4,6H2,1-2H3,(H,17,18)/t7-,10+/m1/s1. The number of amides is 1. The average Bonchev–Trinajstić information content (AvgIpc) is 2.87. The van der Waals surface area contributed by atoms with Crippen molar-refractivity contribution in [1.82, 2.24) is 5.32 Å². The minimum Gasteiger partial charge on any atom is -0.486 e. The van der Waals surface area contributed by atoms with Gasteiger partial charge in [0.25, 0.3) is 0 Å². The van der Waals surface area contributed by atoms with Crippen molar-refractivity contribution in [2.24, 2.45) is 0 Å². The van der Waals surface area contributed by atoms with Crippen molar-refractivity contribution in [2.45, 2.75) is 24.8 Å². The summed E-state index contributed by atoms with van der Waals surface area (Å²) in [4.78, 5) is 23.0. The summed E-state index contributed by atoms with van der Waals surface area (Å²) in [5.41, 5.74) is 1.20. The number of hydrogen-bond donors (Lipinski definition) is 1. The van der Waals surface area contributed by atoms with E-state index in [4.69, 9.17) is 27.9 Å². The van der Waals surface area contributed by atoms with Gasteiger partial charge in [-0.05, 0) is 19.1 Å². The summed E-state index contributed by atoms with van der Waals surface area (Å²) in [7, 11) is 1.31. The second kappa shape index (κ2) is 6.54. The Morgan fingerprint density at radius 1 is 1.52 bits per heavy atom. The van der Waals surface area contributed by atoms with Crippen molar-refractivity contribution < 1.29 is 19.1 Å². The maximum absolute atomic E-state index is 11.5. The van der Waals surface area contributed by atoms with Gasteiger partial charge in [-0.15, -0.1) is 11.6 Å². The molecule has 1 heterocycles. The highest BCUT2D eigenvalue weighted by Gasteiger charge is 2.27. The predicted molar refractivity (Wildman–Crippen MR) is 79.2 cm³/mol. The van der Waals surface area contributed by atoms with Crippen LogP contribution < -0.4 is 10.1 Å². The molecule has 21 heavy (non-hydrogen) atoms. The van der Waals surface area contributed by atoms with Gasteiger partial charge < -0.3 is 14.8 Å². The molecule has 1 N–H and O–H groups in total. The van der Waals surface area contributed by atoms with Crippen LogP contribution in [0.4, 0.5) is 0 Å². The van der Waals surface area contributed by atoms with Gasteiger partial charge >= 0.3 is 5.97 Å². The molecule has 1 aliphatic rings. The molecule has 0 saturated carbocycles. The van der Waals surface area contributed by atoms with Gasteiger partial charge in [0, 0.05) is 12.0 Å². The molecule has 0 unspecified atom stereocenters. The van der Waals surface area contributed by atoms with Crippen molar-refractivity contribution in [2.75, 3.05) is 13.7 Å². The lowest BCUT2D eigenvalue weighted by Crippen LogP contribution is -2.37. The normalized spacial score (nSPS) is 17.6. The summed E-state index contributed by atoms with van der Waals surface area (Å²) in [6.45, 7) is 1.93. The van der Waals surface area contributed by atoms with Gasteiger partial charge in [0.05, 0.1) is 24.2 Å². The Labute approximate surface area is 132 Å². The summed E-state index contributed by atoms with van der Waals surface area (Å²) >= 11 is 11.8. The Bertz CT molecular complexity index is 574. The van der Waals surface area contributed by atoms with Crippen LogP contribution in [-0.4, -0.2) is 37.0 Å². The molecule has 1 aromatic rings. The van der Waals surface area contributed by atoms with E-state index in [-0.39, 0.29) is 12.0 Å². The Balaban J connectivity index is 2.07. The molecule has 2 atom stereocenters. The molecule has 0 saturated heterocycles. The molecular formula is C14H15Cl2NO4. The summed E-state index contributed by atoms with van der Waals surface area (Å²) in [5, 5.41) is 2.46. The van der Waals surface area contributed by atoms with Crippen molar-refractivity contribution >= 4 is 35.1 Å². The van der Waals surface area contributed by atoms with Crippen LogP contribution in [0.1, 0.15) is 22.8 Å². The molecule has 2 rings (SSSR count). The van der Waals surface area contributed by atoms with E-state index in [1.165, 1.54) is 13.2 Å². The Kier molecular flexibility index (Phi) is 4.96. The number of alkyl halides is 1. The zero-order valence-corrected chi connectivity index (χ0v) is 13.1. The third-order valence-electron chi connectivity index (χ3n) is 3.14. The lowest BCUT2D eigenvalue weighted by atomic mass is 10.1. The van der Waals surface area contributed by atoms with Gasteiger partial charge in [-0.2, -0.15) is 0 Å². The van der Waals surface area contributed by atoms with Crippen molar-refractivity contribution in [3.8, 4) is 5.75 Å². The van der Waals surface area contributed by atoms with Crippen LogP contribution in [0.15, 0.2) is 12.1 Å². The van der Waals surface area contributed by atoms with Gasteiger partial charge in [-0.25, -0.2) is 4.79 Å². The largest absolute Gasteiger partial charge is 0.486 e. The van der Waals surface area contributed by atoms with E-state index in [2.05, 4.69) is 10.1 Å². The fraction of sp³-hybridized carbons (Fsp3) is 0.429. The molecule has 0 fully saturated rings. The van der Waals surface area contributed by atoms with Crippen molar-refractivity contribution in [3.63, 3.8) is 0 Å². The Morgan fingerprint density at radius 3 is 2.86 bits per heavy atom. The highest BCUT2D eigenvalue weighted by molar-refractivity contribution is 6.32. The van der Waals surface area contributed by atoms with Gasteiger partial charge in [0.15, 0.2) is 0 Å². The molecule has 0 radical (unpaired) electrons. The summed E-state index contributed by atoms with van der Waals surface area (Å²) < 4.78 is 10.4. The van der Waals surface area contributed by atoms with Crippen LogP contribution in [-0.2, 0) is 16.0 Å². The molecule has 0 aliphatic carbocycles. The number of rotatable bonds is 4. The predicted octanol–water partition coefficient (Wildman–Crippen LogP) is 2.17. The first kappa shape index (κ1) is 15.9. The highest BCUT2D eigenvalue weighted by atomic mass is 35.5. The molecule has 0 aromatic heterocycles. The fourth-order valence-corrected chi connectivity index (χ4v) is 2.45. The molecule has 0 spiro atoms. The SMILES string of the molecule is COC(=O)c1cc(Cl)c2c(c1)C[C@@H](CNC(=O)[C@@H](C)Cl)O2. The number of esters is 1. The van der Waals surface area contributed by atoms with Crippen LogP contribution in [0, 0.1) is 0 Å². The van der Waals surface area contributed by atoms with Gasteiger partial charge in [-0.3, -0.25) is 4.79 Å². The van der Waals surface area contributed by atoms with Crippen LogP contribution in [0.3, 0.4) is 0 Å². The number of carbonyl (C=O) groups excluding carboxylic acids is 2. The topological polar surface area (TPSA) is 64.6 Å². The fourth-order valence-electron chi connectivity index (χ4n) is 2.09. The number of carbonyl (C=O) groups is 2. The van der Waals surface area contributed by atoms with Gasteiger partial charge in [0.1, 0.15) is 17.2 Å². The molecule has 0 bridgehead atoms. The molecule has 5 nitrogen and oxygen atoms in total. The monoisotopic (exact) mass is 331 g/mol. The summed E-state index contributed by atoms with van der Waals surface area (Å²) in [5.74, 6) is -0.160. The van der Waals surface area contributed by atoms with Gasteiger partial charge in [0.2, 0.25) is 5.91 Å². The number of hydrogen-bond acceptors (Lipinski definition) is 4. The minimum atomic E-state index is -0.594. The van der Waals surface area contributed by atoms with Gasteiger partial charge in [-0.1, -0.05) is 11.6 Å². The van der Waals surface area contributed by atoms with Crippen LogP contribution in [0.2, 0.25) is 5.02 Å². The molecule has 114 valence electrons. The molecule has 1 amide bonds. The third-order valence-corrected chi connectivity index (χ3v) is 3.62. The van der Waals surface area contributed by atoms with Crippen LogP contribution in [0.5, 0.6) is 5.75 Å². The number of benzene rings is 1. The van der Waals surface area contributed by atoms with Crippen molar-refractivity contribution in [3.05, 3.63) is 28.3 Å². The quantitative estimate of drug-likeness (QED) is 0.678. The molecule has 7 heteroatoms. The van der Waals surface area contributed by atoms with Crippen molar-refractivity contribution in [1.29, 1.82) is 0 Å². The van der Waals surface area contributed by atoms with E-state index < -0.39 is 11.3 Å². The number of nitrogens with one attached hydrogen (secondary N) is 1. The summed E-state index contributed by atoms with van der Waals surface area (Å²) in [6.07, 6.45) is 0.321. The van der Waals surface area contributed by atoms with E-state index in [1.807, 2.05) is 0 Å². The lowest BCUT2D eigenvalue weighted by Gasteiger charge is -2.13. The third kappa shape index (κ3) is 3.60. The number of methoxy groups -OCH3 is 1. The van der Waals surface area contributed by atoms with E-state index in [0.29, 0.717) is 29.3 Å². The highest BCUT2D eigenvalue weighted by Crippen LogP contribution is 2.37. The zero-order valence-electron chi connectivity index (χ0n) is 11.6. The minimum absolute atomic E-state index is 0.232. The smallest absolute Gasteiger partial charge is 0.337 e. The zero-order chi connectivity index (χ0) is 15.6. The van der Waals surface area contributed by atoms with Crippen LogP contribution >= 0.6 is 23.2 Å². The molecule has 1 aliphatic heterocycles. The second-order valence-corrected chi connectivity index (χ2v) is 5.80. The van der Waals surface area contributed by atoms with E-state index in [1.54, 1.807) is 13.0 Å². The van der Waals surface area contributed by atoms with E-state index in [0.717, 1.165) is 5.56 Å². The first-order valence-electron chi connectivity index (χ1n) is 6.41. The Hall–Kier alpha value is -1.46. The van der Waals surface area contributed by atoms with E-state index >= 15 is 0 Å². The maximum atomic E-state index is 11.5. The first-order valence-corrected chi connectivity index (χ1v) is 7.23. The number of halogens is 2. The maximum Gasteiger partial charge on any atom is 0.337 e. The second-order valence-electron chi connectivity index (χ2n) is 4.74. The Morgan fingerprint density at radius 2 is 2.24 bits per heavy atom. The van der Waals surface area contributed by atoms with Crippen LogP contribution in [0.25, 0.3) is 0 Å². The summed E-state index contributed by atoms with van der Waals surface area (Å²) in [6, 6.07) is 3.20. The average molecular weight is 332 g/mol. The number of ether oxygens (including phenoxy) is 2.